The fourth-order valence-electron chi connectivity index (χ4n) is 2.47. The summed E-state index contributed by atoms with van der Waals surface area (Å²) in [4.78, 5) is 36.0. The lowest BCUT2D eigenvalue weighted by atomic mass is 10.2. The van der Waals surface area contributed by atoms with E-state index in [9.17, 15) is 9.69 Å². The molecule has 5 atom stereocenters. The van der Waals surface area contributed by atoms with Crippen molar-refractivity contribution in [3.05, 3.63) is 16.7 Å². The zero-order valence-corrected chi connectivity index (χ0v) is 17.7. The molecule has 0 spiro atoms. The first kappa shape index (κ1) is 22.8. The molecule has 15 nitrogen and oxygen atoms in total. The number of nitrogens with zero attached hydrogens (tertiary/aromatic N) is 3. The molecule has 1 aliphatic heterocycles. The molecule has 1 aliphatic rings. The van der Waals surface area contributed by atoms with Crippen LogP contribution in [0.4, 0.5) is 5.95 Å². The summed E-state index contributed by atoms with van der Waals surface area (Å²) >= 11 is 0. The molecular weight excluding hydrogens is 455 g/mol. The van der Waals surface area contributed by atoms with Gasteiger partial charge in [-0.25, -0.2) is 9.87 Å². The van der Waals surface area contributed by atoms with Crippen molar-refractivity contribution in [1.29, 1.82) is 0 Å². The third kappa shape index (κ3) is 6.53. The van der Waals surface area contributed by atoms with Crippen LogP contribution in [0.2, 0.25) is 0 Å². The Bertz CT molecular complexity index is 839. The van der Waals surface area contributed by atoms with Gasteiger partial charge in [-0.15, -0.1) is 9.35 Å². The van der Waals surface area contributed by atoms with Gasteiger partial charge in [-0.1, -0.05) is 0 Å². The molecule has 0 amide bonds. The quantitative estimate of drug-likeness (QED) is 0.173. The second-order valence-electron chi connectivity index (χ2n) is 5.35. The summed E-state index contributed by atoms with van der Waals surface area (Å²) in [6, 6.07) is 0. The predicted molar refractivity (Wildman–Crippen MR) is 99.9 cm³/mol. The van der Waals surface area contributed by atoms with Gasteiger partial charge < -0.3 is 19.9 Å². The number of rotatable bonds is 12. The van der Waals surface area contributed by atoms with E-state index in [0.717, 1.165) is 0 Å². The lowest BCUT2D eigenvalue weighted by Gasteiger charge is -2.15. The van der Waals surface area contributed by atoms with E-state index in [0.29, 0.717) is 18.5 Å². The van der Waals surface area contributed by atoms with Crippen molar-refractivity contribution < 1.29 is 42.4 Å². The van der Waals surface area contributed by atoms with Crippen molar-refractivity contribution in [2.75, 3.05) is 19.5 Å². The third-order valence-corrected chi connectivity index (χ3v) is 5.07. The topological polar surface area (TPSA) is 184 Å². The summed E-state index contributed by atoms with van der Waals surface area (Å²) in [5, 5.41) is 0. The number of H-pyrrole nitrogens is 1. The second kappa shape index (κ2) is 11.5. The van der Waals surface area contributed by atoms with Crippen LogP contribution in [-0.4, -0.2) is 44.2 Å². The molecule has 2 aromatic heterocycles. The van der Waals surface area contributed by atoms with Gasteiger partial charge in [0.05, 0.1) is 26.1 Å². The van der Waals surface area contributed by atoms with E-state index in [2.05, 4.69) is 43.2 Å². The minimum Gasteiger partial charge on any atom is -0.369 e. The van der Waals surface area contributed by atoms with Gasteiger partial charge in [0.1, 0.15) is 6.23 Å². The second-order valence-corrected chi connectivity index (χ2v) is 7.24. The summed E-state index contributed by atoms with van der Waals surface area (Å²) in [6.45, 7) is 0.227. The van der Waals surface area contributed by atoms with E-state index in [1.807, 2.05) is 0 Å². The van der Waals surface area contributed by atoms with Crippen molar-refractivity contribution in [2.24, 2.45) is 0 Å². The Hall–Kier alpha value is -0.920. The first-order chi connectivity index (χ1) is 14.1. The number of nitrogens with two attached hydrogens (primary N) is 1. The molecule has 3 rings (SSSR count). The minimum absolute atomic E-state index is 0.00499. The lowest BCUT2D eigenvalue weighted by molar-refractivity contribution is -0.209. The molecule has 29 heavy (non-hydrogen) atoms. The van der Waals surface area contributed by atoms with Crippen molar-refractivity contribution in [3.63, 3.8) is 0 Å². The number of nitrogens with one attached hydrogen (secondary N) is 1. The number of aromatic nitrogens is 4. The number of hydrogen-bond donors (Lipinski definition) is 3. The minimum atomic E-state index is -2.41. The Labute approximate surface area is 167 Å². The Balaban J connectivity index is 1.36. The number of fused-ring (bicyclic) bond motifs is 1. The molecule has 2 aromatic rings. The van der Waals surface area contributed by atoms with Crippen molar-refractivity contribution in [2.45, 2.75) is 25.2 Å². The molecule has 0 radical (unpaired) electrons. The summed E-state index contributed by atoms with van der Waals surface area (Å²) in [7, 11) is -2.24. The van der Waals surface area contributed by atoms with Crippen LogP contribution in [0.25, 0.3) is 11.2 Å². The van der Waals surface area contributed by atoms with E-state index >= 15 is 0 Å². The van der Waals surface area contributed by atoms with Gasteiger partial charge in [-0.2, -0.15) is 19.0 Å². The summed E-state index contributed by atoms with van der Waals surface area (Å²) in [5.41, 5.74) is 5.73. The highest BCUT2D eigenvalue weighted by Gasteiger charge is 2.28. The van der Waals surface area contributed by atoms with Crippen LogP contribution in [0.1, 0.15) is 19.1 Å². The van der Waals surface area contributed by atoms with E-state index in [-0.39, 0.29) is 30.4 Å². The number of aromatic amines is 1. The SMILES string of the molecule is COOPOOP(O)OOPOCC1CCC(n2cnc3c(=O)[nH]c(N)nc32)O1. The van der Waals surface area contributed by atoms with Gasteiger partial charge in [0.2, 0.25) is 15.0 Å². The van der Waals surface area contributed by atoms with E-state index < -0.39 is 32.2 Å². The monoisotopic (exact) mass is 473 g/mol. The standard InChI is InChI=1S/C11H18N5O10P3/c1-19-22-28-24-26-29(18)25-23-27-20-4-6-2-3-7(21-6)16-5-13-8-9(16)14-11(12)15-10(8)17/h5-7,18,27-28H,2-4H2,1H3,(H3,12,14,15,17). The number of anilines is 1. The van der Waals surface area contributed by atoms with Gasteiger partial charge in [-0.3, -0.25) is 14.3 Å². The van der Waals surface area contributed by atoms with Gasteiger partial charge in [-0.05, 0) is 12.8 Å². The maximum absolute atomic E-state index is 11.8. The molecule has 1 fully saturated rings. The van der Waals surface area contributed by atoms with Crippen LogP contribution in [0.5, 0.6) is 0 Å². The van der Waals surface area contributed by atoms with Crippen molar-refractivity contribution in [1.82, 2.24) is 19.5 Å². The number of imidazole rings is 1. The molecule has 162 valence electrons. The van der Waals surface area contributed by atoms with E-state index in [4.69, 9.17) is 15.0 Å². The molecule has 0 bridgehead atoms. The molecule has 4 N–H and O–H groups in total. The summed E-state index contributed by atoms with van der Waals surface area (Å²) in [5.74, 6) is 0.00499. The largest absolute Gasteiger partial charge is 0.390 e. The van der Waals surface area contributed by atoms with Crippen LogP contribution >= 0.6 is 26.7 Å². The zero-order chi connectivity index (χ0) is 20.6. The van der Waals surface area contributed by atoms with Crippen LogP contribution in [0.3, 0.4) is 0 Å². The number of nitrogen functional groups attached to an aromatic ring is 1. The Kier molecular flexibility index (Phi) is 9.00. The molecular formula is C11H18N5O10P3. The van der Waals surface area contributed by atoms with Crippen molar-refractivity contribution >= 4 is 43.8 Å². The highest BCUT2D eigenvalue weighted by molar-refractivity contribution is 7.41. The number of ether oxygens (including phenoxy) is 1. The van der Waals surface area contributed by atoms with Gasteiger partial charge in [0.25, 0.3) is 5.56 Å². The molecule has 18 heteroatoms. The maximum Gasteiger partial charge on any atom is 0.390 e. The fourth-order valence-corrected chi connectivity index (χ4v) is 3.65. The Morgan fingerprint density at radius 2 is 2.17 bits per heavy atom. The van der Waals surface area contributed by atoms with E-state index in [1.165, 1.54) is 13.4 Å². The fraction of sp³-hybridized carbons (Fsp3) is 0.545. The first-order valence-electron chi connectivity index (χ1n) is 7.94. The Morgan fingerprint density at radius 1 is 1.38 bits per heavy atom. The summed E-state index contributed by atoms with van der Waals surface area (Å²) < 4.78 is 35.2. The zero-order valence-electron chi connectivity index (χ0n) is 14.8. The maximum atomic E-state index is 11.8. The molecule has 0 aromatic carbocycles. The highest BCUT2D eigenvalue weighted by atomic mass is 31.2. The molecule has 3 heterocycles. The van der Waals surface area contributed by atoms with Gasteiger partial charge in [0.15, 0.2) is 20.2 Å². The smallest absolute Gasteiger partial charge is 0.369 e. The predicted octanol–water partition coefficient (Wildman–Crippen LogP) is 1.11. The third-order valence-electron chi connectivity index (χ3n) is 3.56. The van der Waals surface area contributed by atoms with Crippen LogP contribution in [-0.2, 0) is 37.5 Å². The lowest BCUT2D eigenvalue weighted by Crippen LogP contribution is -2.16. The average Bonchev–Trinajstić information content (AvgIpc) is 3.32. The molecule has 1 saturated heterocycles. The van der Waals surface area contributed by atoms with Gasteiger partial charge >= 0.3 is 8.60 Å². The van der Waals surface area contributed by atoms with Crippen LogP contribution in [0, 0.1) is 0 Å². The first-order valence-corrected chi connectivity index (χ1v) is 10.7. The van der Waals surface area contributed by atoms with Crippen LogP contribution < -0.4 is 11.3 Å². The molecule has 5 unspecified atom stereocenters. The van der Waals surface area contributed by atoms with E-state index in [1.54, 1.807) is 4.57 Å². The van der Waals surface area contributed by atoms with Gasteiger partial charge in [0, 0.05) is 0 Å². The Morgan fingerprint density at radius 3 is 2.97 bits per heavy atom. The summed E-state index contributed by atoms with van der Waals surface area (Å²) in [6.07, 6.45) is 2.30. The van der Waals surface area contributed by atoms with Crippen molar-refractivity contribution in [3.8, 4) is 0 Å². The normalized spacial score (nSPS) is 21.3. The van der Waals surface area contributed by atoms with Crippen LogP contribution in [0.15, 0.2) is 11.1 Å². The molecule has 0 aliphatic carbocycles. The highest BCUT2D eigenvalue weighted by Crippen LogP contribution is 2.39. The number of hydrogen-bond acceptors (Lipinski definition) is 13. The average molecular weight is 473 g/mol. The molecule has 0 saturated carbocycles.